The van der Waals surface area contributed by atoms with Crippen LogP contribution in [0.25, 0.3) is 21.7 Å². The van der Waals surface area contributed by atoms with Gasteiger partial charge in [0.1, 0.15) is 0 Å². The van der Waals surface area contributed by atoms with E-state index in [0.29, 0.717) is 5.56 Å². The zero-order chi connectivity index (χ0) is 18.8. The van der Waals surface area contributed by atoms with Crippen molar-refractivity contribution in [3.8, 4) is 0 Å². The molecule has 7 nitrogen and oxygen atoms in total. The van der Waals surface area contributed by atoms with Gasteiger partial charge in [-0.15, -0.1) is 0 Å². The normalized spacial score (nSPS) is 11.3. The average molecular weight is 358 g/mol. The first-order valence-corrected chi connectivity index (χ1v) is 8.20. The summed E-state index contributed by atoms with van der Waals surface area (Å²) < 4.78 is 0. The molecule has 0 radical (unpaired) electrons. The highest BCUT2D eigenvalue weighted by atomic mass is 16.6. The van der Waals surface area contributed by atoms with Gasteiger partial charge in [-0.05, 0) is 17.5 Å². The smallest absolute Gasteiger partial charge is 0.271 e. The van der Waals surface area contributed by atoms with Crippen molar-refractivity contribution in [1.82, 2.24) is 10.4 Å². The Morgan fingerprint density at radius 3 is 2.59 bits per heavy atom. The average Bonchev–Trinajstić information content (AvgIpc) is 3.11. The molecule has 0 saturated heterocycles. The summed E-state index contributed by atoms with van der Waals surface area (Å²) >= 11 is 0. The molecule has 0 aliphatic heterocycles. The number of rotatable bonds is 4. The molecule has 0 atom stereocenters. The summed E-state index contributed by atoms with van der Waals surface area (Å²) in [7, 11) is 0. The number of hydrazone groups is 1. The third kappa shape index (κ3) is 3.13. The molecule has 4 aromatic rings. The number of aromatic nitrogens is 1. The largest absolute Gasteiger partial charge is 0.360 e. The van der Waals surface area contributed by atoms with Crippen LogP contribution in [0.5, 0.6) is 0 Å². The van der Waals surface area contributed by atoms with Crippen molar-refractivity contribution in [2.24, 2.45) is 5.10 Å². The predicted octanol–water partition coefficient (Wildman–Crippen LogP) is 3.99. The van der Waals surface area contributed by atoms with Crippen LogP contribution in [0.15, 0.2) is 72.0 Å². The van der Waals surface area contributed by atoms with Gasteiger partial charge in [0.25, 0.3) is 11.6 Å². The molecule has 27 heavy (non-hydrogen) atoms. The van der Waals surface area contributed by atoms with Crippen molar-refractivity contribution in [2.45, 2.75) is 0 Å². The highest BCUT2D eigenvalue weighted by Gasteiger charge is 2.09. The van der Waals surface area contributed by atoms with Crippen molar-refractivity contribution >= 4 is 39.5 Å². The molecule has 0 saturated carbocycles. The molecule has 0 fully saturated rings. The van der Waals surface area contributed by atoms with Crippen LogP contribution >= 0.6 is 0 Å². The minimum Gasteiger partial charge on any atom is -0.360 e. The van der Waals surface area contributed by atoms with Gasteiger partial charge in [-0.3, -0.25) is 14.9 Å². The Bertz CT molecular complexity index is 1190. The molecule has 1 amide bonds. The van der Waals surface area contributed by atoms with Gasteiger partial charge in [0.2, 0.25) is 0 Å². The number of nitro groups is 1. The van der Waals surface area contributed by atoms with Crippen molar-refractivity contribution in [1.29, 1.82) is 0 Å². The standard InChI is InChI=1S/C20H14N4O3/c25-20(14-5-8-16(9-6-14)24(26)27)23-22-12-15-11-21-19-17-4-2-1-3-13(17)7-10-18(15)19/h1-12,21H,(H,23,25)/b22-12+. The number of carbonyl (C=O) groups excluding carboxylic acids is 1. The second-order valence-electron chi connectivity index (χ2n) is 5.96. The molecule has 1 heterocycles. The molecule has 1 aromatic heterocycles. The number of hydrogen-bond acceptors (Lipinski definition) is 4. The molecule has 0 unspecified atom stereocenters. The van der Waals surface area contributed by atoms with Crippen LogP contribution in [0.4, 0.5) is 5.69 Å². The summed E-state index contributed by atoms with van der Waals surface area (Å²) in [6.45, 7) is 0. The van der Waals surface area contributed by atoms with Gasteiger partial charge in [-0.1, -0.05) is 36.4 Å². The monoisotopic (exact) mass is 358 g/mol. The number of amides is 1. The Kier molecular flexibility index (Phi) is 4.10. The number of aromatic amines is 1. The lowest BCUT2D eigenvalue weighted by Crippen LogP contribution is -2.17. The topological polar surface area (TPSA) is 100 Å². The van der Waals surface area contributed by atoms with Gasteiger partial charge in [0.15, 0.2) is 0 Å². The molecule has 3 aromatic carbocycles. The second-order valence-corrected chi connectivity index (χ2v) is 5.96. The number of non-ortho nitro benzene ring substituents is 1. The highest BCUT2D eigenvalue weighted by molar-refractivity contribution is 6.11. The van der Waals surface area contributed by atoms with Gasteiger partial charge in [0, 0.05) is 40.2 Å². The maximum absolute atomic E-state index is 12.1. The number of carbonyl (C=O) groups is 1. The summed E-state index contributed by atoms with van der Waals surface area (Å²) in [5.41, 5.74) is 4.52. The summed E-state index contributed by atoms with van der Waals surface area (Å²) in [6, 6.07) is 17.5. The minimum absolute atomic E-state index is 0.0685. The van der Waals surface area contributed by atoms with E-state index in [0.717, 1.165) is 27.2 Å². The van der Waals surface area contributed by atoms with Crippen molar-refractivity contribution in [2.75, 3.05) is 0 Å². The Labute approximate surface area is 153 Å². The number of fused-ring (bicyclic) bond motifs is 3. The van der Waals surface area contributed by atoms with Crippen LogP contribution in [0.2, 0.25) is 0 Å². The molecule has 132 valence electrons. The first kappa shape index (κ1) is 16.5. The SMILES string of the molecule is O=C(N/N=C/c1c[nH]c2c1ccc1ccccc12)c1ccc([N+](=O)[O-])cc1. The van der Waals surface area contributed by atoms with E-state index in [1.54, 1.807) is 6.21 Å². The molecule has 0 spiro atoms. The van der Waals surface area contributed by atoms with Crippen LogP contribution in [0.3, 0.4) is 0 Å². The second kappa shape index (κ2) is 6.72. The molecule has 2 N–H and O–H groups in total. The fourth-order valence-electron chi connectivity index (χ4n) is 2.96. The molecular formula is C20H14N4O3. The van der Waals surface area contributed by atoms with Crippen molar-refractivity contribution < 1.29 is 9.72 Å². The van der Waals surface area contributed by atoms with E-state index >= 15 is 0 Å². The Hall–Kier alpha value is -4.00. The lowest BCUT2D eigenvalue weighted by atomic mass is 10.1. The van der Waals surface area contributed by atoms with Gasteiger partial charge in [0.05, 0.1) is 16.7 Å². The van der Waals surface area contributed by atoms with E-state index in [2.05, 4.69) is 15.5 Å². The highest BCUT2D eigenvalue weighted by Crippen LogP contribution is 2.26. The fourth-order valence-corrected chi connectivity index (χ4v) is 2.96. The number of nitrogens with zero attached hydrogens (tertiary/aromatic N) is 2. The van der Waals surface area contributed by atoms with Gasteiger partial charge < -0.3 is 4.98 Å². The van der Waals surface area contributed by atoms with Crippen LogP contribution in [-0.2, 0) is 0 Å². The third-order valence-electron chi connectivity index (χ3n) is 4.32. The Morgan fingerprint density at radius 1 is 1.04 bits per heavy atom. The number of H-pyrrole nitrogens is 1. The summed E-state index contributed by atoms with van der Waals surface area (Å²) in [6.07, 6.45) is 3.40. The van der Waals surface area contributed by atoms with E-state index in [-0.39, 0.29) is 5.69 Å². The molecule has 4 rings (SSSR count). The van der Waals surface area contributed by atoms with Gasteiger partial charge in [-0.2, -0.15) is 5.10 Å². The lowest BCUT2D eigenvalue weighted by molar-refractivity contribution is -0.384. The predicted molar refractivity (Wildman–Crippen MR) is 104 cm³/mol. The van der Waals surface area contributed by atoms with Crippen LogP contribution in [0, 0.1) is 10.1 Å². The Morgan fingerprint density at radius 2 is 1.81 bits per heavy atom. The van der Waals surface area contributed by atoms with E-state index < -0.39 is 10.8 Å². The number of nitrogens with one attached hydrogen (secondary N) is 2. The molecular weight excluding hydrogens is 344 g/mol. The first-order valence-electron chi connectivity index (χ1n) is 8.20. The molecule has 0 aliphatic carbocycles. The maximum atomic E-state index is 12.1. The van der Waals surface area contributed by atoms with Gasteiger partial charge in [-0.25, -0.2) is 5.43 Å². The molecule has 0 aliphatic rings. The van der Waals surface area contributed by atoms with Crippen LogP contribution in [0.1, 0.15) is 15.9 Å². The van der Waals surface area contributed by atoms with E-state index in [9.17, 15) is 14.9 Å². The van der Waals surface area contributed by atoms with Crippen LogP contribution < -0.4 is 5.43 Å². The van der Waals surface area contributed by atoms with Crippen molar-refractivity contribution in [3.05, 3.63) is 88.1 Å². The number of nitro benzene ring substituents is 1. The summed E-state index contributed by atoms with van der Waals surface area (Å²) in [4.78, 5) is 25.5. The summed E-state index contributed by atoms with van der Waals surface area (Å²) in [5.74, 6) is -0.438. The quantitative estimate of drug-likeness (QED) is 0.328. The van der Waals surface area contributed by atoms with E-state index in [4.69, 9.17) is 0 Å². The fraction of sp³-hybridized carbons (Fsp3) is 0. The lowest BCUT2D eigenvalue weighted by Gasteiger charge is -2.00. The maximum Gasteiger partial charge on any atom is 0.271 e. The first-order chi connectivity index (χ1) is 13.1. The Balaban J connectivity index is 1.53. The third-order valence-corrected chi connectivity index (χ3v) is 4.32. The molecule has 7 heteroatoms. The molecule has 0 bridgehead atoms. The van der Waals surface area contributed by atoms with E-state index in [1.165, 1.54) is 24.3 Å². The van der Waals surface area contributed by atoms with Crippen molar-refractivity contribution in [3.63, 3.8) is 0 Å². The number of benzene rings is 3. The zero-order valence-corrected chi connectivity index (χ0v) is 14.0. The summed E-state index contributed by atoms with van der Waals surface area (Å²) in [5, 5.41) is 17.9. The van der Waals surface area contributed by atoms with Gasteiger partial charge >= 0.3 is 0 Å². The zero-order valence-electron chi connectivity index (χ0n) is 14.0. The number of hydrogen-bond donors (Lipinski definition) is 2. The van der Waals surface area contributed by atoms with E-state index in [1.807, 2.05) is 42.6 Å². The van der Waals surface area contributed by atoms with Crippen LogP contribution in [-0.4, -0.2) is 22.0 Å². The minimum atomic E-state index is -0.513.